The van der Waals surface area contributed by atoms with Crippen molar-refractivity contribution in [2.24, 2.45) is 0 Å². The Balaban J connectivity index is 2.48. The molecule has 0 radical (unpaired) electrons. The van der Waals surface area contributed by atoms with Gasteiger partial charge in [0.15, 0.2) is 5.69 Å². The van der Waals surface area contributed by atoms with Crippen molar-refractivity contribution in [3.8, 4) is 11.4 Å². The zero-order valence-electron chi connectivity index (χ0n) is 9.65. The van der Waals surface area contributed by atoms with Crippen molar-refractivity contribution >= 4 is 15.9 Å². The van der Waals surface area contributed by atoms with E-state index in [-0.39, 0.29) is 19.0 Å². The van der Waals surface area contributed by atoms with Gasteiger partial charge in [0.1, 0.15) is 5.82 Å². The summed E-state index contributed by atoms with van der Waals surface area (Å²) in [6.07, 6.45) is -3.58. The fraction of sp³-hybridized carbons (Fsp3) is 0.250. The molecule has 0 aliphatic carbocycles. The molecule has 0 amide bonds. The molecule has 19 heavy (non-hydrogen) atoms. The topological polar surface area (TPSA) is 38.0 Å². The number of imidazole rings is 1. The number of hydrogen-bond acceptors (Lipinski definition) is 2. The van der Waals surface area contributed by atoms with Crippen molar-refractivity contribution in [1.82, 2.24) is 9.55 Å². The number of hydrogen-bond donors (Lipinski definition) is 1. The lowest BCUT2D eigenvalue weighted by Crippen LogP contribution is -2.05. The van der Waals surface area contributed by atoms with Gasteiger partial charge in [0, 0.05) is 22.8 Å². The molecule has 0 unspecified atom stereocenters. The first kappa shape index (κ1) is 14.1. The molecule has 1 N–H and O–H groups in total. The first-order valence-corrected chi connectivity index (χ1v) is 6.22. The normalized spacial score (nSPS) is 11.8. The molecule has 0 saturated heterocycles. The van der Waals surface area contributed by atoms with Crippen LogP contribution >= 0.6 is 15.9 Å². The summed E-state index contributed by atoms with van der Waals surface area (Å²) in [4.78, 5) is 3.61. The van der Waals surface area contributed by atoms with Crippen molar-refractivity contribution in [2.75, 3.05) is 6.61 Å². The molecule has 2 aromatic rings. The van der Waals surface area contributed by atoms with Crippen LogP contribution in [0.4, 0.5) is 13.2 Å². The Morgan fingerprint density at radius 3 is 2.37 bits per heavy atom. The first-order valence-electron chi connectivity index (χ1n) is 5.43. The van der Waals surface area contributed by atoms with Gasteiger partial charge in [-0.15, -0.1) is 0 Å². The van der Waals surface area contributed by atoms with Gasteiger partial charge in [-0.1, -0.05) is 28.1 Å². The first-order chi connectivity index (χ1) is 8.91. The molecule has 0 aliphatic heterocycles. The number of aromatic nitrogens is 2. The molecule has 0 saturated carbocycles. The Kier molecular flexibility index (Phi) is 3.96. The van der Waals surface area contributed by atoms with Gasteiger partial charge in [-0.2, -0.15) is 13.2 Å². The quantitative estimate of drug-likeness (QED) is 0.934. The number of nitrogens with zero attached hydrogens (tertiary/aromatic N) is 2. The predicted octanol–water partition coefficient (Wildman–Crippen LogP) is 3.32. The van der Waals surface area contributed by atoms with E-state index in [4.69, 9.17) is 5.11 Å². The monoisotopic (exact) mass is 334 g/mol. The van der Waals surface area contributed by atoms with Gasteiger partial charge < -0.3 is 9.67 Å². The van der Waals surface area contributed by atoms with Gasteiger partial charge in [-0.05, 0) is 12.1 Å². The van der Waals surface area contributed by atoms with Crippen LogP contribution in [-0.4, -0.2) is 21.3 Å². The minimum atomic E-state index is -4.50. The summed E-state index contributed by atoms with van der Waals surface area (Å²) in [5.74, 6) is 0.189. The fourth-order valence-electron chi connectivity index (χ4n) is 1.66. The molecule has 0 bridgehead atoms. The smallest absolute Gasteiger partial charge is 0.395 e. The third kappa shape index (κ3) is 3.16. The average Bonchev–Trinajstić information content (AvgIpc) is 2.74. The highest BCUT2D eigenvalue weighted by molar-refractivity contribution is 9.10. The Morgan fingerprint density at radius 2 is 1.84 bits per heavy atom. The van der Waals surface area contributed by atoms with E-state index < -0.39 is 11.9 Å². The van der Waals surface area contributed by atoms with Crippen LogP contribution in [0.1, 0.15) is 5.69 Å². The fourth-order valence-corrected chi connectivity index (χ4v) is 1.92. The zero-order valence-corrected chi connectivity index (χ0v) is 11.2. The molecule has 7 heteroatoms. The maximum absolute atomic E-state index is 12.7. The molecule has 3 nitrogen and oxygen atoms in total. The summed E-state index contributed by atoms with van der Waals surface area (Å²) in [6, 6.07) is 6.78. The summed E-state index contributed by atoms with van der Waals surface area (Å²) in [7, 11) is 0. The minimum absolute atomic E-state index is 0.0640. The molecule has 0 aliphatic rings. The summed E-state index contributed by atoms with van der Waals surface area (Å²) in [5.41, 5.74) is -0.397. The number of benzene rings is 1. The highest BCUT2D eigenvalue weighted by Crippen LogP contribution is 2.31. The van der Waals surface area contributed by atoms with E-state index in [0.717, 1.165) is 10.7 Å². The Hall–Kier alpha value is -1.34. The van der Waals surface area contributed by atoms with Crippen molar-refractivity contribution < 1.29 is 18.3 Å². The summed E-state index contributed by atoms with van der Waals surface area (Å²) in [5, 5.41) is 8.91. The van der Waals surface area contributed by atoms with Crippen LogP contribution < -0.4 is 0 Å². The average molecular weight is 335 g/mol. The van der Waals surface area contributed by atoms with Crippen LogP contribution in [0, 0.1) is 0 Å². The predicted molar refractivity (Wildman–Crippen MR) is 67.5 cm³/mol. The van der Waals surface area contributed by atoms with Crippen LogP contribution in [-0.2, 0) is 12.7 Å². The summed E-state index contributed by atoms with van der Waals surface area (Å²) < 4.78 is 40.1. The Morgan fingerprint density at radius 1 is 1.21 bits per heavy atom. The van der Waals surface area contributed by atoms with Crippen molar-refractivity contribution in [3.05, 3.63) is 40.6 Å². The maximum atomic E-state index is 12.7. The zero-order chi connectivity index (χ0) is 14.0. The van der Waals surface area contributed by atoms with Crippen LogP contribution in [0.15, 0.2) is 34.9 Å². The second kappa shape index (κ2) is 5.34. The van der Waals surface area contributed by atoms with Crippen molar-refractivity contribution in [3.63, 3.8) is 0 Å². The second-order valence-corrected chi connectivity index (χ2v) is 4.79. The minimum Gasteiger partial charge on any atom is -0.395 e. The van der Waals surface area contributed by atoms with E-state index in [9.17, 15) is 13.2 Å². The molecule has 0 fully saturated rings. The molecule has 2 rings (SSSR count). The van der Waals surface area contributed by atoms with Crippen molar-refractivity contribution in [2.45, 2.75) is 12.7 Å². The molecule has 1 aromatic heterocycles. The highest BCUT2D eigenvalue weighted by atomic mass is 79.9. The van der Waals surface area contributed by atoms with Gasteiger partial charge in [-0.3, -0.25) is 0 Å². The van der Waals surface area contributed by atoms with E-state index in [1.54, 1.807) is 24.3 Å². The number of halogens is 4. The van der Waals surface area contributed by atoms with Gasteiger partial charge in [-0.25, -0.2) is 4.98 Å². The largest absolute Gasteiger partial charge is 0.434 e. The Labute approximate surface area is 115 Å². The van der Waals surface area contributed by atoms with Crippen LogP contribution in [0.3, 0.4) is 0 Å². The lowest BCUT2D eigenvalue weighted by Gasteiger charge is -2.05. The lowest BCUT2D eigenvalue weighted by molar-refractivity contribution is -0.140. The third-order valence-electron chi connectivity index (χ3n) is 2.51. The van der Waals surface area contributed by atoms with Crippen LogP contribution in [0.5, 0.6) is 0 Å². The molecule has 0 spiro atoms. The standard InChI is InChI=1S/C12H10BrF3N2O/c13-9-3-1-8(2-4-9)11-17-10(12(14,15)16)7-18(11)5-6-19/h1-4,7,19H,5-6H2. The van der Waals surface area contributed by atoms with E-state index in [0.29, 0.717) is 5.56 Å². The molecular formula is C12H10BrF3N2O. The van der Waals surface area contributed by atoms with E-state index in [2.05, 4.69) is 20.9 Å². The SMILES string of the molecule is OCCn1cc(C(F)(F)F)nc1-c1ccc(Br)cc1. The van der Waals surface area contributed by atoms with E-state index in [1.165, 1.54) is 4.57 Å². The number of alkyl halides is 3. The highest BCUT2D eigenvalue weighted by Gasteiger charge is 2.34. The van der Waals surface area contributed by atoms with E-state index in [1.807, 2.05) is 0 Å². The van der Waals surface area contributed by atoms with Crippen molar-refractivity contribution in [1.29, 1.82) is 0 Å². The lowest BCUT2D eigenvalue weighted by atomic mass is 10.2. The van der Waals surface area contributed by atoms with E-state index >= 15 is 0 Å². The van der Waals surface area contributed by atoms with Crippen LogP contribution in [0.25, 0.3) is 11.4 Å². The van der Waals surface area contributed by atoms with Gasteiger partial charge in [0.25, 0.3) is 0 Å². The molecule has 1 aromatic carbocycles. The van der Waals surface area contributed by atoms with Crippen LogP contribution in [0.2, 0.25) is 0 Å². The summed E-state index contributed by atoms with van der Waals surface area (Å²) in [6.45, 7) is -0.189. The van der Waals surface area contributed by atoms with Gasteiger partial charge in [0.05, 0.1) is 6.61 Å². The van der Waals surface area contributed by atoms with Gasteiger partial charge >= 0.3 is 6.18 Å². The number of rotatable bonds is 3. The molecule has 0 atom stereocenters. The summed E-state index contributed by atoms with van der Waals surface area (Å²) >= 11 is 3.26. The number of aliphatic hydroxyl groups excluding tert-OH is 1. The molecule has 102 valence electrons. The maximum Gasteiger partial charge on any atom is 0.434 e. The third-order valence-corrected chi connectivity index (χ3v) is 3.04. The Bertz CT molecular complexity index is 563. The molecule has 1 heterocycles. The second-order valence-electron chi connectivity index (χ2n) is 3.87. The number of aliphatic hydroxyl groups is 1. The molecular weight excluding hydrogens is 325 g/mol. The van der Waals surface area contributed by atoms with Gasteiger partial charge in [0.2, 0.25) is 0 Å².